The monoisotopic (exact) mass is 210 g/mol. The lowest BCUT2D eigenvalue weighted by Crippen LogP contribution is -2.36. The molecule has 1 rings (SSSR count). The van der Waals surface area contributed by atoms with Gasteiger partial charge in [-0.3, -0.25) is 9.59 Å². The minimum atomic E-state index is -0.210. The van der Waals surface area contributed by atoms with Gasteiger partial charge in [-0.25, -0.2) is 4.98 Å². The van der Waals surface area contributed by atoms with Crippen LogP contribution in [0.4, 0.5) is 0 Å². The second-order valence-corrected chi connectivity index (χ2v) is 3.09. The molecule has 0 bridgehead atoms. The number of hydrogen-bond acceptors (Lipinski definition) is 3. The Morgan fingerprint density at radius 3 is 2.87 bits per heavy atom. The van der Waals surface area contributed by atoms with Gasteiger partial charge in [-0.2, -0.15) is 0 Å². The molecule has 0 atom stereocenters. The summed E-state index contributed by atoms with van der Waals surface area (Å²) in [7, 11) is 0. The topological polar surface area (TPSA) is 86.9 Å². The smallest absolute Gasteiger partial charge is 0.239 e. The number of hydrogen-bond donors (Lipinski definition) is 3. The number of aromatic amines is 1. The van der Waals surface area contributed by atoms with Crippen molar-refractivity contribution in [3.05, 3.63) is 18.2 Å². The van der Waals surface area contributed by atoms with Crippen LogP contribution in [-0.4, -0.2) is 34.9 Å². The van der Waals surface area contributed by atoms with Crippen LogP contribution in [-0.2, 0) is 16.0 Å². The van der Waals surface area contributed by atoms with Crippen molar-refractivity contribution in [1.82, 2.24) is 20.6 Å². The predicted molar refractivity (Wildman–Crippen MR) is 54.0 cm³/mol. The molecular weight excluding hydrogens is 196 g/mol. The lowest BCUT2D eigenvalue weighted by molar-refractivity contribution is -0.125. The molecule has 0 saturated carbocycles. The summed E-state index contributed by atoms with van der Waals surface area (Å²) in [5, 5.41) is 5.09. The Balaban J connectivity index is 2.09. The van der Waals surface area contributed by atoms with Crippen LogP contribution >= 0.6 is 0 Å². The molecule has 0 aliphatic carbocycles. The van der Waals surface area contributed by atoms with E-state index < -0.39 is 0 Å². The molecule has 0 unspecified atom stereocenters. The van der Waals surface area contributed by atoms with Crippen LogP contribution < -0.4 is 10.6 Å². The molecule has 0 fully saturated rings. The van der Waals surface area contributed by atoms with E-state index in [9.17, 15) is 9.59 Å². The molecule has 1 aromatic heterocycles. The average Bonchev–Trinajstić information content (AvgIpc) is 2.67. The van der Waals surface area contributed by atoms with Crippen molar-refractivity contribution < 1.29 is 9.59 Å². The number of amides is 2. The van der Waals surface area contributed by atoms with Crippen molar-refractivity contribution in [3.8, 4) is 0 Å². The van der Waals surface area contributed by atoms with Gasteiger partial charge in [0.2, 0.25) is 11.8 Å². The number of imidazole rings is 1. The molecule has 6 heteroatoms. The van der Waals surface area contributed by atoms with Crippen molar-refractivity contribution in [3.63, 3.8) is 0 Å². The lowest BCUT2D eigenvalue weighted by Gasteiger charge is -2.04. The fourth-order valence-electron chi connectivity index (χ4n) is 1.03. The first-order chi connectivity index (χ1) is 7.18. The summed E-state index contributed by atoms with van der Waals surface area (Å²) >= 11 is 0. The van der Waals surface area contributed by atoms with Crippen LogP contribution in [0.15, 0.2) is 12.5 Å². The number of H-pyrrole nitrogens is 1. The van der Waals surface area contributed by atoms with Crippen LogP contribution in [0.1, 0.15) is 12.6 Å². The Morgan fingerprint density at radius 2 is 2.27 bits per heavy atom. The standard InChI is InChI=1S/C9H14N4O2/c1-7(14)12-5-9(15)11-3-2-8-4-10-6-13-8/h4,6H,2-3,5H2,1H3,(H,10,13)(H,11,15)(H,12,14). The van der Waals surface area contributed by atoms with Crippen molar-refractivity contribution in [2.75, 3.05) is 13.1 Å². The van der Waals surface area contributed by atoms with Gasteiger partial charge in [0, 0.05) is 31.8 Å². The maximum Gasteiger partial charge on any atom is 0.239 e. The van der Waals surface area contributed by atoms with Gasteiger partial charge in [0.1, 0.15) is 0 Å². The highest BCUT2D eigenvalue weighted by Gasteiger charge is 2.01. The van der Waals surface area contributed by atoms with E-state index in [-0.39, 0.29) is 18.4 Å². The van der Waals surface area contributed by atoms with Gasteiger partial charge in [0.25, 0.3) is 0 Å². The zero-order valence-corrected chi connectivity index (χ0v) is 8.54. The molecule has 3 N–H and O–H groups in total. The Hall–Kier alpha value is -1.85. The molecule has 0 radical (unpaired) electrons. The van der Waals surface area contributed by atoms with Crippen LogP contribution in [0.25, 0.3) is 0 Å². The summed E-state index contributed by atoms with van der Waals surface area (Å²) in [6.45, 7) is 1.93. The van der Waals surface area contributed by atoms with Gasteiger partial charge < -0.3 is 15.6 Å². The summed E-state index contributed by atoms with van der Waals surface area (Å²) in [5.74, 6) is -0.400. The fraction of sp³-hybridized carbons (Fsp3) is 0.444. The third-order valence-corrected chi connectivity index (χ3v) is 1.77. The predicted octanol–water partition coefficient (Wildman–Crippen LogP) is -0.795. The van der Waals surface area contributed by atoms with Gasteiger partial charge >= 0.3 is 0 Å². The fourth-order valence-corrected chi connectivity index (χ4v) is 1.03. The normalized spacial score (nSPS) is 9.67. The molecule has 6 nitrogen and oxygen atoms in total. The molecule has 0 aliphatic heterocycles. The lowest BCUT2D eigenvalue weighted by atomic mass is 10.3. The van der Waals surface area contributed by atoms with E-state index in [0.29, 0.717) is 13.0 Å². The molecule has 0 spiro atoms. The first-order valence-corrected chi connectivity index (χ1v) is 4.67. The first-order valence-electron chi connectivity index (χ1n) is 4.67. The molecule has 15 heavy (non-hydrogen) atoms. The van der Waals surface area contributed by atoms with E-state index in [1.807, 2.05) is 0 Å². The highest BCUT2D eigenvalue weighted by molar-refractivity contribution is 5.83. The minimum absolute atomic E-state index is 0.0261. The number of carbonyl (C=O) groups is 2. The van der Waals surface area contributed by atoms with Gasteiger partial charge in [0.15, 0.2) is 0 Å². The third-order valence-electron chi connectivity index (χ3n) is 1.77. The van der Waals surface area contributed by atoms with Gasteiger partial charge in [-0.05, 0) is 0 Å². The zero-order chi connectivity index (χ0) is 11.1. The summed E-state index contributed by atoms with van der Waals surface area (Å²) in [6.07, 6.45) is 4.00. The van der Waals surface area contributed by atoms with Crippen LogP contribution in [0.3, 0.4) is 0 Å². The van der Waals surface area contributed by atoms with E-state index in [0.717, 1.165) is 5.69 Å². The van der Waals surface area contributed by atoms with Crippen molar-refractivity contribution >= 4 is 11.8 Å². The Labute approximate surface area is 87.5 Å². The molecule has 2 amide bonds. The van der Waals surface area contributed by atoms with E-state index in [1.54, 1.807) is 12.5 Å². The second-order valence-electron chi connectivity index (χ2n) is 3.09. The van der Waals surface area contributed by atoms with Crippen LogP contribution in [0.2, 0.25) is 0 Å². The maximum atomic E-state index is 11.1. The third kappa shape index (κ3) is 4.80. The Morgan fingerprint density at radius 1 is 1.47 bits per heavy atom. The molecule has 1 heterocycles. The maximum absolute atomic E-state index is 11.1. The number of nitrogens with zero attached hydrogens (tertiary/aromatic N) is 1. The number of aromatic nitrogens is 2. The van der Waals surface area contributed by atoms with Crippen LogP contribution in [0.5, 0.6) is 0 Å². The van der Waals surface area contributed by atoms with Gasteiger partial charge in [0.05, 0.1) is 12.9 Å². The van der Waals surface area contributed by atoms with Crippen LogP contribution in [0, 0.1) is 0 Å². The van der Waals surface area contributed by atoms with E-state index in [2.05, 4.69) is 20.6 Å². The molecule has 82 valence electrons. The van der Waals surface area contributed by atoms with Gasteiger partial charge in [-0.1, -0.05) is 0 Å². The average molecular weight is 210 g/mol. The molecular formula is C9H14N4O2. The first kappa shape index (κ1) is 11.2. The van der Waals surface area contributed by atoms with E-state index >= 15 is 0 Å². The second kappa shape index (κ2) is 5.79. The highest BCUT2D eigenvalue weighted by Crippen LogP contribution is 1.89. The van der Waals surface area contributed by atoms with E-state index in [4.69, 9.17) is 0 Å². The molecule has 0 saturated heterocycles. The van der Waals surface area contributed by atoms with Crippen molar-refractivity contribution in [1.29, 1.82) is 0 Å². The number of nitrogens with one attached hydrogen (secondary N) is 3. The number of carbonyl (C=O) groups excluding carboxylic acids is 2. The van der Waals surface area contributed by atoms with Gasteiger partial charge in [-0.15, -0.1) is 0 Å². The highest BCUT2D eigenvalue weighted by atomic mass is 16.2. The van der Waals surface area contributed by atoms with E-state index in [1.165, 1.54) is 6.92 Å². The summed E-state index contributed by atoms with van der Waals surface area (Å²) in [5.41, 5.74) is 0.967. The molecule has 0 aliphatic rings. The quantitative estimate of drug-likeness (QED) is 0.595. The summed E-state index contributed by atoms with van der Waals surface area (Å²) in [6, 6.07) is 0. The largest absolute Gasteiger partial charge is 0.354 e. The number of rotatable bonds is 5. The minimum Gasteiger partial charge on any atom is -0.354 e. The van der Waals surface area contributed by atoms with Crippen molar-refractivity contribution in [2.45, 2.75) is 13.3 Å². The summed E-state index contributed by atoms with van der Waals surface area (Å²) in [4.78, 5) is 28.4. The zero-order valence-electron chi connectivity index (χ0n) is 8.54. The summed E-state index contributed by atoms with van der Waals surface area (Å²) < 4.78 is 0. The Kier molecular flexibility index (Phi) is 4.33. The Bertz CT molecular complexity index is 321. The SMILES string of the molecule is CC(=O)NCC(=O)NCCc1cnc[nH]1. The molecule has 1 aromatic rings. The molecule has 0 aromatic carbocycles. The van der Waals surface area contributed by atoms with Crippen molar-refractivity contribution in [2.24, 2.45) is 0 Å².